The van der Waals surface area contributed by atoms with E-state index >= 15 is 0 Å². The first-order valence-electron chi connectivity index (χ1n) is 10.8. The van der Waals surface area contributed by atoms with Gasteiger partial charge in [0.2, 0.25) is 5.91 Å². The molecule has 5 nitrogen and oxygen atoms in total. The van der Waals surface area contributed by atoms with Gasteiger partial charge in [-0.3, -0.25) is 9.59 Å². The zero-order chi connectivity index (χ0) is 21.6. The maximum Gasteiger partial charge on any atom is 0.233 e. The number of nitrogens with zero attached hydrogens (tertiary/aromatic N) is 2. The molecule has 0 aromatic heterocycles. The third-order valence-electron chi connectivity index (χ3n) is 6.91. The molecule has 2 heterocycles. The first kappa shape index (κ1) is 20.3. The van der Waals surface area contributed by atoms with Crippen molar-refractivity contribution in [2.75, 3.05) is 24.6 Å². The molecular formula is C25H25ClN2O3. The molecule has 2 aromatic carbocycles. The Bertz CT molecular complexity index is 1040. The van der Waals surface area contributed by atoms with Crippen molar-refractivity contribution in [2.24, 2.45) is 0 Å². The number of halogens is 1. The molecule has 2 unspecified atom stereocenters. The number of aliphatic hydroxyl groups is 1. The van der Waals surface area contributed by atoms with E-state index in [2.05, 4.69) is 15.9 Å². The summed E-state index contributed by atoms with van der Waals surface area (Å²) in [5.74, 6) is -0.0601. The normalized spacial score (nSPS) is 23.5. The van der Waals surface area contributed by atoms with Crippen LogP contribution in [-0.2, 0) is 15.0 Å². The Hall–Kier alpha value is -2.63. The number of fused-ring (bicyclic) bond motifs is 2. The number of benzene rings is 2. The lowest BCUT2D eigenvalue weighted by Gasteiger charge is -2.38. The molecular weight excluding hydrogens is 412 g/mol. The highest BCUT2D eigenvalue weighted by Gasteiger charge is 2.57. The third kappa shape index (κ3) is 3.56. The lowest BCUT2D eigenvalue weighted by molar-refractivity contribution is -0.135. The molecule has 1 N–H and O–H groups in total. The number of para-hydroxylation sites is 1. The summed E-state index contributed by atoms with van der Waals surface area (Å²) in [6.45, 7) is 1.04. The number of aliphatic hydroxyl groups excluding tert-OH is 1. The van der Waals surface area contributed by atoms with E-state index in [0.29, 0.717) is 5.02 Å². The lowest BCUT2D eigenvalue weighted by atomic mass is 9.94. The van der Waals surface area contributed by atoms with Crippen molar-refractivity contribution < 1.29 is 14.7 Å². The summed E-state index contributed by atoms with van der Waals surface area (Å²) in [6.07, 6.45) is 5.96. The van der Waals surface area contributed by atoms with Crippen molar-refractivity contribution in [3.8, 4) is 0 Å². The first-order valence-corrected chi connectivity index (χ1v) is 11.1. The molecule has 160 valence electrons. The van der Waals surface area contributed by atoms with Crippen LogP contribution < -0.4 is 4.90 Å². The van der Waals surface area contributed by atoms with Crippen molar-refractivity contribution in [2.45, 2.75) is 36.8 Å². The molecule has 2 atom stereocenters. The van der Waals surface area contributed by atoms with Gasteiger partial charge < -0.3 is 14.9 Å². The average Bonchev–Trinajstić information content (AvgIpc) is 3.36. The lowest BCUT2D eigenvalue weighted by Crippen LogP contribution is -2.51. The fourth-order valence-electron chi connectivity index (χ4n) is 5.13. The summed E-state index contributed by atoms with van der Waals surface area (Å²) < 4.78 is 0. The standard InChI is InChI=1S/C25H25ClN2O3/c26-19-8-6-18(7-9-19)25(11-12-25)24(31)28-15-20-13-21(28)14-27(20)23-4-2-1-3-17(23)5-10-22(30)16-29/h1-10,20-21,29H,11-16H2/b10-5+. The second-order valence-electron chi connectivity index (χ2n) is 8.76. The number of hydrogen-bond acceptors (Lipinski definition) is 4. The summed E-state index contributed by atoms with van der Waals surface area (Å²) in [6, 6.07) is 16.2. The summed E-state index contributed by atoms with van der Waals surface area (Å²) in [7, 11) is 0. The number of piperazine rings is 1. The van der Waals surface area contributed by atoms with Gasteiger partial charge in [-0.15, -0.1) is 0 Å². The summed E-state index contributed by atoms with van der Waals surface area (Å²) in [5, 5.41) is 9.66. The van der Waals surface area contributed by atoms with Crippen molar-refractivity contribution in [3.63, 3.8) is 0 Å². The SMILES string of the molecule is O=C(/C=C/c1ccccc1N1CC2CC1CN2C(=O)C1(c2ccc(Cl)cc2)CC1)CO. The van der Waals surface area contributed by atoms with Crippen molar-refractivity contribution in [1.29, 1.82) is 0 Å². The van der Waals surface area contributed by atoms with E-state index in [0.717, 1.165) is 49.2 Å². The maximum absolute atomic E-state index is 13.5. The van der Waals surface area contributed by atoms with Gasteiger partial charge in [-0.05, 0) is 60.7 Å². The molecule has 2 aromatic rings. The Morgan fingerprint density at radius 1 is 1.06 bits per heavy atom. The smallest absolute Gasteiger partial charge is 0.233 e. The highest BCUT2D eigenvalue weighted by atomic mass is 35.5. The van der Waals surface area contributed by atoms with Crippen LogP contribution in [0, 0.1) is 0 Å². The van der Waals surface area contributed by atoms with Crippen LogP contribution in [0.1, 0.15) is 30.4 Å². The van der Waals surface area contributed by atoms with Gasteiger partial charge >= 0.3 is 0 Å². The molecule has 6 heteroatoms. The maximum atomic E-state index is 13.5. The molecule has 1 aliphatic carbocycles. The Balaban J connectivity index is 1.33. The predicted octanol–water partition coefficient (Wildman–Crippen LogP) is 3.44. The fourth-order valence-corrected chi connectivity index (χ4v) is 5.26. The number of carbonyl (C=O) groups is 2. The molecule has 5 rings (SSSR count). The van der Waals surface area contributed by atoms with E-state index < -0.39 is 6.61 Å². The van der Waals surface area contributed by atoms with Crippen LogP contribution in [-0.4, -0.2) is 53.5 Å². The van der Waals surface area contributed by atoms with Gasteiger partial charge in [0.15, 0.2) is 5.78 Å². The van der Waals surface area contributed by atoms with E-state index in [1.807, 2.05) is 42.5 Å². The third-order valence-corrected chi connectivity index (χ3v) is 7.16. The number of amides is 1. The van der Waals surface area contributed by atoms with Crippen LogP contribution in [0.4, 0.5) is 5.69 Å². The molecule has 3 aliphatic rings. The van der Waals surface area contributed by atoms with E-state index in [9.17, 15) is 9.59 Å². The number of anilines is 1. The molecule has 2 bridgehead atoms. The van der Waals surface area contributed by atoms with Crippen LogP contribution in [0.5, 0.6) is 0 Å². The Kier molecular flexibility index (Phi) is 5.11. The molecule has 0 radical (unpaired) electrons. The predicted molar refractivity (Wildman–Crippen MR) is 121 cm³/mol. The number of ketones is 1. The molecule has 1 amide bonds. The molecule has 1 saturated carbocycles. The van der Waals surface area contributed by atoms with E-state index in [1.165, 1.54) is 6.08 Å². The van der Waals surface area contributed by atoms with E-state index in [1.54, 1.807) is 6.08 Å². The quantitative estimate of drug-likeness (QED) is 0.705. The zero-order valence-corrected chi connectivity index (χ0v) is 18.0. The van der Waals surface area contributed by atoms with Crippen molar-refractivity contribution in [3.05, 3.63) is 70.8 Å². The van der Waals surface area contributed by atoms with Gasteiger partial charge in [-0.1, -0.05) is 41.9 Å². The molecule has 31 heavy (non-hydrogen) atoms. The second-order valence-corrected chi connectivity index (χ2v) is 9.20. The minimum atomic E-state index is -0.487. The van der Waals surface area contributed by atoms with Crippen LogP contribution in [0.3, 0.4) is 0 Å². The Labute approximate surface area is 186 Å². The monoisotopic (exact) mass is 436 g/mol. The van der Waals surface area contributed by atoms with E-state index in [-0.39, 0.29) is 29.2 Å². The number of rotatable bonds is 6. The molecule has 3 fully saturated rings. The number of likely N-dealkylation sites (tertiary alicyclic amines) is 1. The highest BCUT2D eigenvalue weighted by molar-refractivity contribution is 6.30. The van der Waals surface area contributed by atoms with Gasteiger partial charge in [0, 0.05) is 29.8 Å². The minimum absolute atomic E-state index is 0.207. The van der Waals surface area contributed by atoms with Crippen LogP contribution in [0.15, 0.2) is 54.6 Å². The molecule has 2 aliphatic heterocycles. The van der Waals surface area contributed by atoms with Gasteiger partial charge in [-0.25, -0.2) is 0 Å². The van der Waals surface area contributed by atoms with Gasteiger partial charge in [-0.2, -0.15) is 0 Å². The molecule has 2 saturated heterocycles. The average molecular weight is 437 g/mol. The summed E-state index contributed by atoms with van der Waals surface area (Å²) in [5.41, 5.74) is 2.73. The summed E-state index contributed by atoms with van der Waals surface area (Å²) in [4.78, 5) is 29.5. The van der Waals surface area contributed by atoms with E-state index in [4.69, 9.17) is 16.7 Å². The Morgan fingerprint density at radius 3 is 2.45 bits per heavy atom. The van der Waals surface area contributed by atoms with Crippen LogP contribution >= 0.6 is 11.6 Å². The Morgan fingerprint density at radius 2 is 1.81 bits per heavy atom. The minimum Gasteiger partial charge on any atom is -0.388 e. The van der Waals surface area contributed by atoms with Gasteiger partial charge in [0.25, 0.3) is 0 Å². The fraction of sp³-hybridized carbons (Fsp3) is 0.360. The largest absolute Gasteiger partial charge is 0.388 e. The van der Waals surface area contributed by atoms with Crippen LogP contribution in [0.25, 0.3) is 6.08 Å². The highest BCUT2D eigenvalue weighted by Crippen LogP contribution is 2.51. The molecule has 0 spiro atoms. The number of carbonyl (C=O) groups excluding carboxylic acids is 2. The zero-order valence-electron chi connectivity index (χ0n) is 17.2. The van der Waals surface area contributed by atoms with Crippen molar-refractivity contribution in [1.82, 2.24) is 4.90 Å². The van der Waals surface area contributed by atoms with Gasteiger partial charge in [0.1, 0.15) is 6.61 Å². The topological polar surface area (TPSA) is 60.9 Å². The van der Waals surface area contributed by atoms with Gasteiger partial charge in [0.05, 0.1) is 11.5 Å². The first-order chi connectivity index (χ1) is 15.0. The van der Waals surface area contributed by atoms with Crippen molar-refractivity contribution >= 4 is 35.1 Å². The second kappa shape index (κ2) is 7.81. The number of hydrogen-bond donors (Lipinski definition) is 1. The van der Waals surface area contributed by atoms with Crippen LogP contribution in [0.2, 0.25) is 5.02 Å². The summed E-state index contributed by atoms with van der Waals surface area (Å²) >= 11 is 6.04.